The van der Waals surface area contributed by atoms with Crippen molar-refractivity contribution in [3.05, 3.63) is 70.8 Å². The molecule has 0 aliphatic heterocycles. The van der Waals surface area contributed by atoms with Gasteiger partial charge in [0.1, 0.15) is 0 Å². The Kier molecular flexibility index (Phi) is 6.25. The fourth-order valence-corrected chi connectivity index (χ4v) is 3.02. The number of ether oxygens (including phenoxy) is 1. The molecule has 3 nitrogen and oxygen atoms in total. The highest BCUT2D eigenvalue weighted by Crippen LogP contribution is 2.19. The SMILES string of the molecule is CC(C)OC(=O)c1cccc(CSCc2cccc(C#N)c2)c1. The fraction of sp³-hybridized carbons (Fsp3) is 0.263. The van der Waals surface area contributed by atoms with Gasteiger partial charge < -0.3 is 4.74 Å². The smallest absolute Gasteiger partial charge is 0.338 e. The second-order valence-electron chi connectivity index (χ2n) is 5.46. The summed E-state index contributed by atoms with van der Waals surface area (Å²) in [6, 6.07) is 17.3. The quantitative estimate of drug-likeness (QED) is 0.731. The van der Waals surface area contributed by atoms with Gasteiger partial charge in [-0.25, -0.2) is 4.79 Å². The third-order valence-corrected chi connectivity index (χ3v) is 4.17. The molecule has 4 heteroatoms. The fourth-order valence-electron chi connectivity index (χ4n) is 2.09. The van der Waals surface area contributed by atoms with Crippen LogP contribution in [0.3, 0.4) is 0 Å². The molecule has 23 heavy (non-hydrogen) atoms. The van der Waals surface area contributed by atoms with E-state index in [1.165, 1.54) is 0 Å². The molecular formula is C19H19NO2S. The molecule has 0 unspecified atom stereocenters. The molecule has 0 aliphatic carbocycles. The lowest BCUT2D eigenvalue weighted by Gasteiger charge is -2.09. The molecule has 2 aromatic rings. The molecule has 0 atom stereocenters. The molecule has 0 aliphatic rings. The van der Waals surface area contributed by atoms with E-state index in [1.807, 2.05) is 50.2 Å². The largest absolute Gasteiger partial charge is 0.459 e. The van der Waals surface area contributed by atoms with Crippen molar-refractivity contribution in [3.63, 3.8) is 0 Å². The molecule has 2 rings (SSSR count). The summed E-state index contributed by atoms with van der Waals surface area (Å²) in [7, 11) is 0. The van der Waals surface area contributed by atoms with Crippen LogP contribution in [0.2, 0.25) is 0 Å². The van der Waals surface area contributed by atoms with E-state index in [0.717, 1.165) is 22.6 Å². The van der Waals surface area contributed by atoms with Gasteiger partial charge in [0.25, 0.3) is 0 Å². The van der Waals surface area contributed by atoms with E-state index in [-0.39, 0.29) is 12.1 Å². The predicted octanol–water partition coefficient (Wildman–Crippen LogP) is 4.56. The Morgan fingerprint density at radius 2 is 1.78 bits per heavy atom. The Labute approximate surface area is 141 Å². The van der Waals surface area contributed by atoms with Crippen molar-refractivity contribution in [2.24, 2.45) is 0 Å². The number of carbonyl (C=O) groups is 1. The minimum atomic E-state index is -0.284. The first kappa shape index (κ1) is 17.1. The van der Waals surface area contributed by atoms with Gasteiger partial charge in [0.05, 0.1) is 23.3 Å². The second kappa shape index (κ2) is 8.40. The van der Waals surface area contributed by atoms with Crippen molar-refractivity contribution in [3.8, 4) is 6.07 Å². The standard InChI is InChI=1S/C19H19NO2S/c1-14(2)22-19(21)18-8-4-7-17(10-18)13-23-12-16-6-3-5-15(9-16)11-20/h3-10,14H,12-13H2,1-2H3. The normalized spacial score (nSPS) is 10.3. The number of nitrogens with zero attached hydrogens (tertiary/aromatic N) is 1. The number of carbonyl (C=O) groups excluding carboxylic acids is 1. The van der Waals surface area contributed by atoms with Gasteiger partial charge in [0, 0.05) is 11.5 Å². The van der Waals surface area contributed by atoms with Crippen LogP contribution >= 0.6 is 11.8 Å². The maximum atomic E-state index is 11.9. The maximum absolute atomic E-state index is 11.9. The van der Waals surface area contributed by atoms with Crippen LogP contribution in [0.25, 0.3) is 0 Å². The molecule has 0 N–H and O–H groups in total. The average molecular weight is 325 g/mol. The molecule has 0 aromatic heterocycles. The molecule has 2 aromatic carbocycles. The zero-order valence-corrected chi connectivity index (χ0v) is 14.1. The molecule has 0 amide bonds. The van der Waals surface area contributed by atoms with Crippen molar-refractivity contribution in [2.75, 3.05) is 0 Å². The van der Waals surface area contributed by atoms with Gasteiger partial charge in [-0.1, -0.05) is 24.3 Å². The molecule has 0 saturated heterocycles. The van der Waals surface area contributed by atoms with E-state index >= 15 is 0 Å². The van der Waals surface area contributed by atoms with Gasteiger partial charge in [-0.3, -0.25) is 0 Å². The van der Waals surface area contributed by atoms with Gasteiger partial charge in [0.2, 0.25) is 0 Å². The van der Waals surface area contributed by atoms with E-state index in [9.17, 15) is 4.79 Å². The highest BCUT2D eigenvalue weighted by molar-refractivity contribution is 7.97. The molecule has 0 saturated carbocycles. The van der Waals surface area contributed by atoms with E-state index in [0.29, 0.717) is 11.1 Å². The third kappa shape index (κ3) is 5.46. The first-order chi connectivity index (χ1) is 11.1. The van der Waals surface area contributed by atoms with E-state index in [4.69, 9.17) is 10.00 Å². The summed E-state index contributed by atoms with van der Waals surface area (Å²) in [5, 5.41) is 8.91. The predicted molar refractivity (Wildman–Crippen MR) is 93.1 cm³/mol. The van der Waals surface area contributed by atoms with Crippen molar-refractivity contribution in [1.29, 1.82) is 5.26 Å². The summed E-state index contributed by atoms with van der Waals surface area (Å²) < 4.78 is 5.21. The van der Waals surface area contributed by atoms with Crippen LogP contribution in [-0.4, -0.2) is 12.1 Å². The minimum Gasteiger partial charge on any atom is -0.459 e. The van der Waals surface area contributed by atoms with Gasteiger partial charge in [-0.05, 0) is 49.2 Å². The Hall–Kier alpha value is -2.25. The second-order valence-corrected chi connectivity index (χ2v) is 6.45. The zero-order valence-electron chi connectivity index (χ0n) is 13.3. The van der Waals surface area contributed by atoms with Crippen LogP contribution in [-0.2, 0) is 16.2 Å². The van der Waals surface area contributed by atoms with Gasteiger partial charge in [-0.2, -0.15) is 17.0 Å². The van der Waals surface area contributed by atoms with Crippen molar-refractivity contribution < 1.29 is 9.53 Å². The van der Waals surface area contributed by atoms with Crippen LogP contribution in [0.15, 0.2) is 48.5 Å². The summed E-state index contributed by atoms with van der Waals surface area (Å²) in [5.41, 5.74) is 3.49. The monoisotopic (exact) mass is 325 g/mol. The van der Waals surface area contributed by atoms with Crippen LogP contribution in [0.5, 0.6) is 0 Å². The zero-order chi connectivity index (χ0) is 16.7. The number of benzene rings is 2. The molecular weight excluding hydrogens is 306 g/mol. The summed E-state index contributed by atoms with van der Waals surface area (Å²) in [4.78, 5) is 11.9. The van der Waals surface area contributed by atoms with Crippen molar-refractivity contribution in [2.45, 2.75) is 31.5 Å². The van der Waals surface area contributed by atoms with Gasteiger partial charge in [-0.15, -0.1) is 0 Å². The molecule has 0 radical (unpaired) electrons. The number of rotatable bonds is 6. The van der Waals surface area contributed by atoms with E-state index < -0.39 is 0 Å². The summed E-state index contributed by atoms with van der Waals surface area (Å²) in [6.45, 7) is 3.68. The number of nitriles is 1. The molecule has 0 heterocycles. The summed E-state index contributed by atoms with van der Waals surface area (Å²) in [5.74, 6) is 1.35. The topological polar surface area (TPSA) is 50.1 Å². The Balaban J connectivity index is 1.93. The number of hydrogen-bond donors (Lipinski definition) is 0. The third-order valence-electron chi connectivity index (χ3n) is 3.10. The number of hydrogen-bond acceptors (Lipinski definition) is 4. The van der Waals surface area contributed by atoms with Crippen LogP contribution in [0.4, 0.5) is 0 Å². The highest BCUT2D eigenvalue weighted by atomic mass is 32.2. The first-order valence-electron chi connectivity index (χ1n) is 7.45. The van der Waals surface area contributed by atoms with E-state index in [2.05, 4.69) is 6.07 Å². The van der Waals surface area contributed by atoms with Crippen LogP contribution in [0.1, 0.15) is 40.9 Å². The molecule has 0 spiro atoms. The lowest BCUT2D eigenvalue weighted by atomic mass is 10.1. The summed E-state index contributed by atoms with van der Waals surface area (Å²) >= 11 is 1.75. The molecule has 0 fully saturated rings. The van der Waals surface area contributed by atoms with Crippen molar-refractivity contribution in [1.82, 2.24) is 0 Å². The Morgan fingerprint density at radius 3 is 2.43 bits per heavy atom. The molecule has 118 valence electrons. The van der Waals surface area contributed by atoms with Crippen LogP contribution in [0, 0.1) is 11.3 Å². The Bertz CT molecular complexity index is 719. The minimum absolute atomic E-state index is 0.118. The highest BCUT2D eigenvalue weighted by Gasteiger charge is 2.09. The van der Waals surface area contributed by atoms with Gasteiger partial charge in [0.15, 0.2) is 0 Å². The first-order valence-corrected chi connectivity index (χ1v) is 8.60. The van der Waals surface area contributed by atoms with Gasteiger partial charge >= 0.3 is 5.97 Å². The maximum Gasteiger partial charge on any atom is 0.338 e. The van der Waals surface area contributed by atoms with Crippen molar-refractivity contribution >= 4 is 17.7 Å². The van der Waals surface area contributed by atoms with E-state index in [1.54, 1.807) is 23.9 Å². The number of thioether (sulfide) groups is 1. The number of esters is 1. The lowest BCUT2D eigenvalue weighted by Crippen LogP contribution is -2.11. The summed E-state index contributed by atoms with van der Waals surface area (Å²) in [6.07, 6.45) is -0.118. The Morgan fingerprint density at radius 1 is 1.13 bits per heavy atom. The van der Waals surface area contributed by atoms with Crippen LogP contribution < -0.4 is 0 Å². The molecule has 0 bridgehead atoms. The average Bonchev–Trinajstić information content (AvgIpc) is 2.55. The lowest BCUT2D eigenvalue weighted by molar-refractivity contribution is 0.0378.